The number of aromatic nitrogens is 1. The molecule has 2 aromatic heterocycles. The molecule has 5 heteroatoms. The molecular weight excluding hydrogens is 292 g/mol. The van der Waals surface area contributed by atoms with Crippen molar-refractivity contribution < 1.29 is 0 Å². The fraction of sp³-hybridized carbons (Fsp3) is 0.300. The van der Waals surface area contributed by atoms with Gasteiger partial charge in [-0.3, -0.25) is 0 Å². The molecule has 2 heterocycles. The van der Waals surface area contributed by atoms with E-state index in [9.17, 15) is 0 Å². The number of hydrogen-bond acceptors (Lipinski definition) is 4. The lowest BCUT2D eigenvalue weighted by molar-refractivity contribution is 0.598. The van der Waals surface area contributed by atoms with Crippen molar-refractivity contribution in [3.63, 3.8) is 0 Å². The van der Waals surface area contributed by atoms with Crippen LogP contribution in [0.25, 0.3) is 0 Å². The Hall–Kier alpha value is -0.230. The zero-order valence-corrected chi connectivity index (χ0v) is 11.5. The Labute approximate surface area is 106 Å². The van der Waals surface area contributed by atoms with Gasteiger partial charge in [0.25, 0.3) is 0 Å². The molecule has 0 saturated carbocycles. The van der Waals surface area contributed by atoms with E-state index in [0.29, 0.717) is 6.04 Å². The minimum absolute atomic E-state index is 0.352. The number of likely N-dealkylation sites (N-methyl/N-ethyl adjacent to an activating group) is 1. The summed E-state index contributed by atoms with van der Waals surface area (Å²) >= 11 is 7.04. The van der Waals surface area contributed by atoms with Gasteiger partial charge in [-0.2, -0.15) is 0 Å². The predicted octanol–water partition coefficient (Wildman–Crippen LogP) is 3.47. The van der Waals surface area contributed by atoms with Crippen LogP contribution in [0.4, 0.5) is 0 Å². The SMILES string of the molecule is CNC(Cc1nccs1)c1sccc1Br. The molecule has 2 nitrogen and oxygen atoms in total. The molecule has 0 aliphatic rings. The number of thiazole rings is 1. The van der Waals surface area contributed by atoms with Gasteiger partial charge >= 0.3 is 0 Å². The van der Waals surface area contributed by atoms with Gasteiger partial charge in [-0.1, -0.05) is 0 Å². The first kappa shape index (κ1) is 11.3. The Morgan fingerprint density at radius 2 is 2.33 bits per heavy atom. The zero-order valence-electron chi connectivity index (χ0n) is 8.24. The standard InChI is InChI=1S/C10H11BrN2S2/c1-12-8(6-9-13-3-5-14-9)10-7(11)2-4-15-10/h2-5,8,12H,6H2,1H3. The van der Waals surface area contributed by atoms with E-state index >= 15 is 0 Å². The molecule has 1 N–H and O–H groups in total. The third-order valence-electron chi connectivity index (χ3n) is 2.17. The summed E-state index contributed by atoms with van der Waals surface area (Å²) in [5.74, 6) is 0. The lowest BCUT2D eigenvalue weighted by atomic mass is 10.2. The highest BCUT2D eigenvalue weighted by Gasteiger charge is 2.15. The van der Waals surface area contributed by atoms with Gasteiger partial charge < -0.3 is 5.32 Å². The first-order valence-electron chi connectivity index (χ1n) is 4.59. The molecule has 80 valence electrons. The van der Waals surface area contributed by atoms with Gasteiger partial charge in [-0.15, -0.1) is 22.7 Å². The Bertz CT molecular complexity index is 411. The highest BCUT2D eigenvalue weighted by molar-refractivity contribution is 9.10. The fourth-order valence-electron chi connectivity index (χ4n) is 1.41. The Balaban J connectivity index is 2.15. The maximum absolute atomic E-state index is 4.31. The van der Waals surface area contributed by atoms with Crippen LogP contribution in [0.2, 0.25) is 0 Å². The van der Waals surface area contributed by atoms with Crippen LogP contribution in [-0.4, -0.2) is 12.0 Å². The maximum atomic E-state index is 4.31. The summed E-state index contributed by atoms with van der Waals surface area (Å²) in [6.45, 7) is 0. The molecule has 1 atom stereocenters. The van der Waals surface area contributed by atoms with E-state index in [0.717, 1.165) is 6.42 Å². The van der Waals surface area contributed by atoms with Crippen molar-refractivity contribution in [1.29, 1.82) is 0 Å². The Kier molecular flexibility index (Phi) is 3.91. The second-order valence-electron chi connectivity index (χ2n) is 3.10. The van der Waals surface area contributed by atoms with Crippen molar-refractivity contribution >= 4 is 38.6 Å². The summed E-state index contributed by atoms with van der Waals surface area (Å²) in [5.41, 5.74) is 0. The van der Waals surface area contributed by atoms with E-state index < -0.39 is 0 Å². The molecule has 15 heavy (non-hydrogen) atoms. The fourth-order valence-corrected chi connectivity index (χ4v) is 3.83. The summed E-state index contributed by atoms with van der Waals surface area (Å²) in [6.07, 6.45) is 2.81. The monoisotopic (exact) mass is 302 g/mol. The van der Waals surface area contributed by atoms with E-state index in [-0.39, 0.29) is 0 Å². The molecule has 0 fully saturated rings. The van der Waals surface area contributed by atoms with Crippen LogP contribution < -0.4 is 5.32 Å². The molecule has 0 bridgehead atoms. The highest BCUT2D eigenvalue weighted by Crippen LogP contribution is 2.31. The molecule has 0 saturated heterocycles. The van der Waals surface area contributed by atoms with Crippen molar-refractivity contribution in [1.82, 2.24) is 10.3 Å². The third-order valence-corrected chi connectivity index (χ3v) is 4.96. The normalized spacial score (nSPS) is 12.9. The second kappa shape index (κ2) is 5.21. The topological polar surface area (TPSA) is 24.9 Å². The van der Waals surface area contributed by atoms with Crippen molar-refractivity contribution in [2.24, 2.45) is 0 Å². The Morgan fingerprint density at radius 3 is 2.87 bits per heavy atom. The minimum atomic E-state index is 0.352. The highest BCUT2D eigenvalue weighted by atomic mass is 79.9. The van der Waals surface area contributed by atoms with Crippen LogP contribution in [-0.2, 0) is 6.42 Å². The van der Waals surface area contributed by atoms with E-state index in [1.54, 1.807) is 22.7 Å². The molecule has 0 amide bonds. The first-order valence-corrected chi connectivity index (χ1v) is 7.15. The first-order chi connectivity index (χ1) is 7.31. The average molecular weight is 303 g/mol. The van der Waals surface area contributed by atoms with Gasteiger partial charge in [0.2, 0.25) is 0 Å². The predicted molar refractivity (Wildman–Crippen MR) is 69.6 cm³/mol. The average Bonchev–Trinajstić information content (AvgIpc) is 2.85. The number of rotatable bonds is 4. The van der Waals surface area contributed by atoms with Crippen LogP contribution >= 0.6 is 38.6 Å². The number of nitrogens with zero attached hydrogens (tertiary/aromatic N) is 1. The molecule has 0 aromatic carbocycles. The largest absolute Gasteiger partial charge is 0.312 e. The van der Waals surface area contributed by atoms with Gasteiger partial charge in [0.1, 0.15) is 0 Å². The van der Waals surface area contributed by atoms with Crippen molar-refractivity contribution in [3.05, 3.63) is 37.4 Å². The molecule has 0 radical (unpaired) electrons. The molecular formula is C10H11BrN2S2. The molecule has 2 rings (SSSR count). The summed E-state index contributed by atoms with van der Waals surface area (Å²) in [4.78, 5) is 5.65. The van der Waals surface area contributed by atoms with Crippen LogP contribution in [0.5, 0.6) is 0 Å². The van der Waals surface area contributed by atoms with Gasteiger partial charge in [0.15, 0.2) is 0 Å². The number of halogens is 1. The lowest BCUT2D eigenvalue weighted by Crippen LogP contribution is -2.17. The molecule has 2 aromatic rings. The summed E-state index contributed by atoms with van der Waals surface area (Å²) in [7, 11) is 1.99. The second-order valence-corrected chi connectivity index (χ2v) is 5.89. The number of thiophene rings is 1. The third kappa shape index (κ3) is 2.66. The van der Waals surface area contributed by atoms with E-state index in [4.69, 9.17) is 0 Å². The maximum Gasteiger partial charge on any atom is 0.0944 e. The summed E-state index contributed by atoms with van der Waals surface area (Å²) in [5, 5.41) is 8.63. The number of nitrogens with one attached hydrogen (secondary N) is 1. The van der Waals surface area contributed by atoms with Crippen molar-refractivity contribution in [2.75, 3.05) is 7.05 Å². The minimum Gasteiger partial charge on any atom is -0.312 e. The molecule has 0 spiro atoms. The van der Waals surface area contributed by atoms with Crippen molar-refractivity contribution in [3.8, 4) is 0 Å². The Morgan fingerprint density at radius 1 is 1.47 bits per heavy atom. The van der Waals surface area contributed by atoms with E-state index in [1.807, 2.05) is 18.6 Å². The van der Waals surface area contributed by atoms with Gasteiger partial charge in [0, 0.05) is 33.4 Å². The van der Waals surface area contributed by atoms with Crippen molar-refractivity contribution in [2.45, 2.75) is 12.5 Å². The van der Waals surface area contributed by atoms with Crippen LogP contribution in [0.1, 0.15) is 15.9 Å². The van der Waals surface area contributed by atoms with Crippen LogP contribution in [0.15, 0.2) is 27.5 Å². The summed E-state index contributed by atoms with van der Waals surface area (Å²) < 4.78 is 1.18. The molecule has 1 unspecified atom stereocenters. The number of hydrogen-bond donors (Lipinski definition) is 1. The molecule has 0 aliphatic heterocycles. The quantitative estimate of drug-likeness (QED) is 0.935. The van der Waals surface area contributed by atoms with Crippen LogP contribution in [0, 0.1) is 0 Å². The lowest BCUT2D eigenvalue weighted by Gasteiger charge is -2.13. The summed E-state index contributed by atoms with van der Waals surface area (Å²) in [6, 6.07) is 2.44. The smallest absolute Gasteiger partial charge is 0.0944 e. The van der Waals surface area contributed by atoms with Gasteiger partial charge in [-0.25, -0.2) is 4.98 Å². The van der Waals surface area contributed by atoms with Gasteiger partial charge in [0.05, 0.1) is 5.01 Å². The molecule has 0 aliphatic carbocycles. The van der Waals surface area contributed by atoms with E-state index in [1.165, 1.54) is 14.4 Å². The van der Waals surface area contributed by atoms with Gasteiger partial charge in [-0.05, 0) is 34.4 Å². The van der Waals surface area contributed by atoms with E-state index in [2.05, 4.69) is 37.7 Å². The zero-order chi connectivity index (χ0) is 10.7. The van der Waals surface area contributed by atoms with Crippen LogP contribution in [0.3, 0.4) is 0 Å².